The van der Waals surface area contributed by atoms with E-state index in [1.165, 1.54) is 0 Å². The highest BCUT2D eigenvalue weighted by Gasteiger charge is 2.89. The number of piperidine rings is 1. The Labute approximate surface area is 307 Å². The zero-order chi connectivity index (χ0) is 36.8. The number of likely N-dealkylation sites (tertiary alicyclic amines) is 1. The van der Waals surface area contributed by atoms with Crippen LogP contribution >= 0.6 is 0 Å². The van der Waals surface area contributed by atoms with Crippen molar-refractivity contribution >= 4 is 17.4 Å². The van der Waals surface area contributed by atoms with Crippen molar-refractivity contribution in [1.82, 2.24) is 4.90 Å². The minimum Gasteiger partial charge on any atom is -0.454 e. The van der Waals surface area contributed by atoms with Gasteiger partial charge in [-0.1, -0.05) is 25.1 Å². The van der Waals surface area contributed by atoms with Crippen molar-refractivity contribution in [2.45, 2.75) is 100 Å². The van der Waals surface area contributed by atoms with E-state index in [-0.39, 0.29) is 54.1 Å². The Morgan fingerprint density at radius 2 is 1.65 bits per heavy atom. The average Bonchev–Trinajstić information content (AvgIpc) is 3.58. The molecule has 12 atom stereocenters. The largest absolute Gasteiger partial charge is 0.454 e. The minimum atomic E-state index is -1.49. The number of fused-ring (bicyclic) bond motifs is 2. The molecule has 5 saturated carbocycles. The van der Waals surface area contributed by atoms with Crippen LogP contribution in [-0.4, -0.2) is 116 Å². The average molecular weight is 717 g/mol. The van der Waals surface area contributed by atoms with Crippen LogP contribution in [0.15, 0.2) is 48.5 Å². The van der Waals surface area contributed by atoms with Gasteiger partial charge in [0.2, 0.25) is 0 Å². The van der Waals surface area contributed by atoms with Crippen LogP contribution in [0.25, 0.3) is 0 Å². The molecule has 1 spiro atoms. The summed E-state index contributed by atoms with van der Waals surface area (Å²) in [5.41, 5.74) is -1.66. The number of anilines is 1. The standard InChI is InChI=1S/C42H56N2O8/c1-7-43(8-2)27-16-14-25(15-17-27)31(45)20-26-12-10-11-13-28(26)38(46)52-39-19-18-35(50-5)41-33(39)22-30(36(41)44(9-3)24-39)40(47)23-32(49-4)29-21-34(41)42(40,48)37(29)51-6/h10-17,29-30,32-37,47-48H,7-9,18-24H2,1-6H3/t29-,30?,32+,33?,34?,35+,36-,37+,39-,40+,41?,42+/m1/s1. The van der Waals surface area contributed by atoms with Crippen LogP contribution in [0.2, 0.25) is 0 Å². The normalized spacial score (nSPS) is 41.2. The summed E-state index contributed by atoms with van der Waals surface area (Å²) in [4.78, 5) is 32.9. The van der Waals surface area contributed by atoms with Crippen LogP contribution in [0.3, 0.4) is 0 Å². The molecule has 6 fully saturated rings. The Hall–Kier alpha value is -2.86. The maximum atomic E-state index is 14.6. The van der Waals surface area contributed by atoms with E-state index in [9.17, 15) is 19.8 Å². The molecular formula is C42H56N2O8. The maximum Gasteiger partial charge on any atom is 0.339 e. The number of carbonyl (C=O) groups is 2. The second kappa shape index (κ2) is 12.9. The summed E-state index contributed by atoms with van der Waals surface area (Å²) in [5, 5.41) is 26.0. The van der Waals surface area contributed by atoms with Crippen LogP contribution in [-0.2, 0) is 25.4 Å². The predicted octanol–water partition coefficient (Wildman–Crippen LogP) is 4.53. The lowest BCUT2D eigenvalue weighted by molar-refractivity contribution is -0.337. The molecule has 8 rings (SSSR count). The molecule has 6 aliphatic rings. The lowest BCUT2D eigenvalue weighted by Gasteiger charge is -2.70. The molecule has 0 aromatic heterocycles. The van der Waals surface area contributed by atoms with Gasteiger partial charge in [0.25, 0.3) is 0 Å². The van der Waals surface area contributed by atoms with E-state index in [4.69, 9.17) is 18.9 Å². The number of benzene rings is 2. The van der Waals surface area contributed by atoms with E-state index >= 15 is 0 Å². The summed E-state index contributed by atoms with van der Waals surface area (Å²) < 4.78 is 25.5. The third kappa shape index (κ3) is 4.57. The number of esters is 1. The van der Waals surface area contributed by atoms with Gasteiger partial charge in [0, 0.05) is 100 Å². The van der Waals surface area contributed by atoms with Gasteiger partial charge in [0.1, 0.15) is 16.8 Å². The van der Waals surface area contributed by atoms with Crippen molar-refractivity contribution in [2.24, 2.45) is 29.1 Å². The fourth-order valence-electron chi connectivity index (χ4n) is 13.2. The topological polar surface area (TPSA) is 118 Å². The summed E-state index contributed by atoms with van der Waals surface area (Å²) >= 11 is 0. The van der Waals surface area contributed by atoms with Crippen LogP contribution in [0.5, 0.6) is 0 Å². The quantitative estimate of drug-likeness (QED) is 0.240. The van der Waals surface area contributed by atoms with Gasteiger partial charge < -0.3 is 34.1 Å². The van der Waals surface area contributed by atoms with E-state index < -0.39 is 34.3 Å². The molecule has 2 N–H and O–H groups in total. The van der Waals surface area contributed by atoms with E-state index in [0.717, 1.165) is 18.8 Å². The first kappa shape index (κ1) is 36.1. The number of ketones is 1. The number of ether oxygens (including phenoxy) is 4. The molecule has 1 heterocycles. The second-order valence-corrected chi connectivity index (χ2v) is 16.4. The zero-order valence-corrected chi connectivity index (χ0v) is 31.5. The van der Waals surface area contributed by atoms with Crippen LogP contribution < -0.4 is 4.90 Å². The predicted molar refractivity (Wildman–Crippen MR) is 195 cm³/mol. The van der Waals surface area contributed by atoms with Crippen molar-refractivity contribution in [1.29, 1.82) is 0 Å². The summed E-state index contributed by atoms with van der Waals surface area (Å²) in [7, 11) is 5.09. The zero-order valence-electron chi connectivity index (χ0n) is 31.5. The van der Waals surface area contributed by atoms with Gasteiger partial charge in [-0.2, -0.15) is 0 Å². The first-order chi connectivity index (χ1) is 25.0. The first-order valence-electron chi connectivity index (χ1n) is 19.5. The van der Waals surface area contributed by atoms with Crippen LogP contribution in [0.4, 0.5) is 5.69 Å². The molecule has 1 saturated heterocycles. The van der Waals surface area contributed by atoms with Crippen molar-refractivity contribution in [2.75, 3.05) is 52.4 Å². The molecular weight excluding hydrogens is 660 g/mol. The summed E-state index contributed by atoms with van der Waals surface area (Å²) in [6.45, 7) is 9.38. The number of carbonyl (C=O) groups excluding carboxylic acids is 2. The monoisotopic (exact) mass is 716 g/mol. The highest BCUT2D eigenvalue weighted by molar-refractivity contribution is 6.00. The number of rotatable bonds is 12. The molecule has 4 unspecified atom stereocenters. The first-order valence-corrected chi connectivity index (χ1v) is 19.5. The molecule has 5 aliphatic carbocycles. The molecule has 2 aromatic carbocycles. The summed E-state index contributed by atoms with van der Waals surface area (Å²) in [6.07, 6.45) is 1.93. The van der Waals surface area contributed by atoms with Gasteiger partial charge in [0.15, 0.2) is 5.78 Å². The number of Topliss-reactive ketones (excluding diaryl/α,β-unsaturated/α-hetero) is 1. The van der Waals surface area contributed by atoms with Gasteiger partial charge in [0.05, 0.1) is 23.9 Å². The van der Waals surface area contributed by atoms with Gasteiger partial charge in [-0.15, -0.1) is 0 Å². The van der Waals surface area contributed by atoms with Crippen molar-refractivity contribution in [3.8, 4) is 0 Å². The molecule has 52 heavy (non-hydrogen) atoms. The number of likely N-dealkylation sites (N-methyl/N-ethyl adjacent to an activating group) is 1. The summed E-state index contributed by atoms with van der Waals surface area (Å²) in [5.74, 6) is -1.34. The lowest BCUT2D eigenvalue weighted by Crippen LogP contribution is -2.83. The number of methoxy groups -OCH3 is 3. The fraction of sp³-hybridized carbons (Fsp3) is 0.667. The minimum absolute atomic E-state index is 0.0558. The molecule has 0 radical (unpaired) electrons. The smallest absolute Gasteiger partial charge is 0.339 e. The third-order valence-corrected chi connectivity index (χ3v) is 15.1. The summed E-state index contributed by atoms with van der Waals surface area (Å²) in [6, 6.07) is 14.9. The second-order valence-electron chi connectivity index (χ2n) is 16.4. The SMILES string of the molecule is CCN(CC)c1ccc(C(=O)Cc2ccccc2C(=O)O[C@@]23CC[C@H](OC)C45C2CC([C@H]4N(CC)C3)[C@@]2(O)C[C@H](OC)[C@H]3CC5[C@]2(O)[C@H]3OC)cc1. The van der Waals surface area contributed by atoms with Gasteiger partial charge in [-0.05, 0) is 82.0 Å². The van der Waals surface area contributed by atoms with Crippen molar-refractivity contribution in [3.05, 3.63) is 65.2 Å². The lowest BCUT2D eigenvalue weighted by atomic mass is 9.44. The van der Waals surface area contributed by atoms with Gasteiger partial charge in [-0.3, -0.25) is 9.69 Å². The molecule has 7 bridgehead atoms. The number of nitrogens with zero attached hydrogens (tertiary/aromatic N) is 2. The van der Waals surface area contributed by atoms with E-state index in [1.807, 2.05) is 42.5 Å². The molecule has 10 nitrogen and oxygen atoms in total. The van der Waals surface area contributed by atoms with Gasteiger partial charge >= 0.3 is 5.97 Å². The Bertz CT molecular complexity index is 1700. The molecule has 1 aliphatic heterocycles. The van der Waals surface area contributed by atoms with E-state index in [0.29, 0.717) is 61.9 Å². The Kier molecular flexibility index (Phi) is 8.95. The Balaban J connectivity index is 1.14. The molecule has 2 aromatic rings. The molecule has 0 amide bonds. The number of hydrogen-bond donors (Lipinski definition) is 2. The Morgan fingerprint density at radius 1 is 0.923 bits per heavy atom. The maximum absolute atomic E-state index is 14.6. The third-order valence-electron chi connectivity index (χ3n) is 15.1. The fourth-order valence-corrected chi connectivity index (χ4v) is 13.2. The highest BCUT2D eigenvalue weighted by Crippen LogP contribution is 2.79. The molecule has 10 heteroatoms. The number of aliphatic hydroxyl groups is 2. The van der Waals surface area contributed by atoms with Crippen molar-refractivity contribution in [3.63, 3.8) is 0 Å². The highest BCUT2D eigenvalue weighted by atomic mass is 16.6. The van der Waals surface area contributed by atoms with Gasteiger partial charge in [-0.25, -0.2) is 4.79 Å². The number of hydrogen-bond acceptors (Lipinski definition) is 10. The Morgan fingerprint density at radius 3 is 2.31 bits per heavy atom. The van der Waals surface area contributed by atoms with E-state index in [1.54, 1.807) is 27.4 Å². The van der Waals surface area contributed by atoms with Crippen molar-refractivity contribution < 1.29 is 38.7 Å². The van der Waals surface area contributed by atoms with Crippen LogP contribution in [0.1, 0.15) is 79.2 Å². The van der Waals surface area contributed by atoms with Crippen LogP contribution in [0, 0.1) is 29.1 Å². The van der Waals surface area contributed by atoms with E-state index in [2.05, 4.69) is 30.6 Å². The molecule has 282 valence electrons.